The second-order valence-corrected chi connectivity index (χ2v) is 34.8. The summed E-state index contributed by atoms with van der Waals surface area (Å²) in [5.41, 5.74) is 0. The van der Waals surface area contributed by atoms with E-state index in [9.17, 15) is 43.2 Å². The molecule has 612 valence electrons. The topological polar surface area (TPSA) is 237 Å². The van der Waals surface area contributed by atoms with Crippen molar-refractivity contribution in [2.75, 3.05) is 39.6 Å². The second kappa shape index (κ2) is 72.9. The first-order valence-electron chi connectivity index (χ1n) is 43.2. The molecule has 103 heavy (non-hydrogen) atoms. The fourth-order valence-electron chi connectivity index (χ4n) is 12.9. The Bertz CT molecular complexity index is 2010. The van der Waals surface area contributed by atoms with Crippen LogP contribution in [0.1, 0.15) is 434 Å². The Kier molecular flexibility index (Phi) is 71.5. The number of ether oxygens (including phenoxy) is 4. The summed E-state index contributed by atoms with van der Waals surface area (Å²) in [6.45, 7) is 14.2. The van der Waals surface area contributed by atoms with E-state index < -0.39 is 97.5 Å². The Morgan fingerprint density at radius 2 is 0.466 bits per heavy atom. The van der Waals surface area contributed by atoms with Crippen molar-refractivity contribution in [3.8, 4) is 0 Å². The quantitative estimate of drug-likeness (QED) is 0.0222. The monoisotopic (exact) mass is 1510 g/mol. The molecule has 0 spiro atoms. The van der Waals surface area contributed by atoms with Crippen LogP contribution >= 0.6 is 15.6 Å². The average molecular weight is 1510 g/mol. The maximum Gasteiger partial charge on any atom is 0.472 e. The van der Waals surface area contributed by atoms with Gasteiger partial charge in [0.2, 0.25) is 0 Å². The van der Waals surface area contributed by atoms with Crippen LogP contribution in [0.3, 0.4) is 0 Å². The predicted octanol–water partition coefficient (Wildman–Crippen LogP) is 25.2. The van der Waals surface area contributed by atoms with Crippen LogP contribution in [0.4, 0.5) is 0 Å². The standard InChI is InChI=1S/C84H164O17P2/c1-9-77(8)63-55-47-38-31-27-23-19-15-11-13-16-20-24-28-32-39-48-56-64-81(86)94-70-79(100-83(88)66-58-50-41-33-29-25-21-17-12-10-14-18-22-26-30-36-44-52-60-74(2)3)72-98-102(90,91)96-68-78(85)69-97-103(92,93)99-73-80(101-84(89)67-59-51-43-42-46-54-62-76(6)7)71-95-82(87)65-57-49-40-35-34-37-45-53-61-75(4)5/h74-80,85H,9-73H2,1-8H3,(H,90,91)(H,92,93)/t77?,78?,79-,80-/m1/s1. The first kappa shape index (κ1) is 101. The van der Waals surface area contributed by atoms with Crippen molar-refractivity contribution in [1.82, 2.24) is 0 Å². The van der Waals surface area contributed by atoms with Gasteiger partial charge in [-0.2, -0.15) is 0 Å². The van der Waals surface area contributed by atoms with Gasteiger partial charge in [0.1, 0.15) is 19.3 Å². The molecule has 3 N–H and O–H groups in total. The van der Waals surface area contributed by atoms with E-state index in [0.717, 1.165) is 108 Å². The number of carbonyl (C=O) groups excluding carboxylic acids is 4. The van der Waals surface area contributed by atoms with Crippen molar-refractivity contribution in [3.63, 3.8) is 0 Å². The van der Waals surface area contributed by atoms with Gasteiger partial charge in [0.05, 0.1) is 26.4 Å². The van der Waals surface area contributed by atoms with E-state index >= 15 is 0 Å². The van der Waals surface area contributed by atoms with Gasteiger partial charge in [-0.05, 0) is 49.4 Å². The Labute approximate surface area is 632 Å². The summed E-state index contributed by atoms with van der Waals surface area (Å²) in [4.78, 5) is 73.0. The van der Waals surface area contributed by atoms with Crippen molar-refractivity contribution in [2.45, 2.75) is 453 Å². The number of rotatable bonds is 81. The van der Waals surface area contributed by atoms with E-state index in [-0.39, 0.29) is 25.7 Å². The van der Waals surface area contributed by atoms with E-state index in [1.54, 1.807) is 0 Å². The molecule has 4 unspecified atom stereocenters. The molecule has 0 aromatic heterocycles. The maximum atomic E-state index is 13.1. The number of hydrogen-bond acceptors (Lipinski definition) is 15. The van der Waals surface area contributed by atoms with Crippen LogP contribution in [-0.4, -0.2) is 96.7 Å². The molecular formula is C84H164O17P2. The molecule has 0 fully saturated rings. The lowest BCUT2D eigenvalue weighted by molar-refractivity contribution is -0.161. The molecule has 0 aliphatic carbocycles. The number of hydrogen-bond donors (Lipinski definition) is 3. The zero-order valence-corrected chi connectivity index (χ0v) is 69.7. The molecule has 0 aromatic carbocycles. The number of phosphoric ester groups is 2. The lowest BCUT2D eigenvalue weighted by Gasteiger charge is -2.21. The normalized spacial score (nSPS) is 14.2. The third kappa shape index (κ3) is 76.6. The summed E-state index contributed by atoms with van der Waals surface area (Å²) < 4.78 is 68.7. The molecule has 17 nitrogen and oxygen atoms in total. The van der Waals surface area contributed by atoms with Gasteiger partial charge >= 0.3 is 39.5 Å². The van der Waals surface area contributed by atoms with Gasteiger partial charge in [-0.1, -0.05) is 383 Å². The molecule has 6 atom stereocenters. The third-order valence-corrected chi connectivity index (χ3v) is 21.8. The highest BCUT2D eigenvalue weighted by atomic mass is 31.2. The third-order valence-electron chi connectivity index (χ3n) is 19.9. The number of phosphoric acid groups is 2. The molecule has 0 aliphatic rings. The minimum atomic E-state index is -4.96. The Hall–Kier alpha value is -1.94. The second-order valence-electron chi connectivity index (χ2n) is 31.9. The highest BCUT2D eigenvalue weighted by Gasteiger charge is 2.30. The van der Waals surface area contributed by atoms with Crippen molar-refractivity contribution < 1.29 is 80.2 Å². The summed E-state index contributed by atoms with van der Waals surface area (Å²) in [6, 6.07) is 0. The molecular weight excluding hydrogens is 1340 g/mol. The van der Waals surface area contributed by atoms with Crippen molar-refractivity contribution in [3.05, 3.63) is 0 Å². The van der Waals surface area contributed by atoms with Gasteiger partial charge < -0.3 is 33.8 Å². The number of unbranched alkanes of at least 4 members (excludes halogenated alkanes) is 46. The summed E-state index contributed by atoms with van der Waals surface area (Å²) in [7, 11) is -9.92. The van der Waals surface area contributed by atoms with Crippen molar-refractivity contribution >= 4 is 39.5 Å². The Morgan fingerprint density at radius 3 is 0.689 bits per heavy atom. The number of carbonyl (C=O) groups is 4. The summed E-state index contributed by atoms with van der Waals surface area (Å²) >= 11 is 0. The van der Waals surface area contributed by atoms with Crippen LogP contribution < -0.4 is 0 Å². The van der Waals surface area contributed by atoms with Crippen LogP contribution in [0.15, 0.2) is 0 Å². The molecule has 0 saturated heterocycles. The van der Waals surface area contributed by atoms with Gasteiger partial charge in [-0.25, -0.2) is 9.13 Å². The van der Waals surface area contributed by atoms with Gasteiger partial charge in [0.15, 0.2) is 12.2 Å². The number of esters is 4. The van der Waals surface area contributed by atoms with Crippen molar-refractivity contribution in [2.24, 2.45) is 23.7 Å². The van der Waals surface area contributed by atoms with E-state index in [1.165, 1.54) is 238 Å². The summed E-state index contributed by atoms with van der Waals surface area (Å²) in [5.74, 6) is 0.972. The first-order chi connectivity index (χ1) is 49.6. The highest BCUT2D eigenvalue weighted by molar-refractivity contribution is 7.47. The Morgan fingerprint density at radius 1 is 0.272 bits per heavy atom. The highest BCUT2D eigenvalue weighted by Crippen LogP contribution is 2.45. The maximum absolute atomic E-state index is 13.1. The van der Waals surface area contributed by atoms with E-state index in [1.807, 2.05) is 0 Å². The zero-order valence-electron chi connectivity index (χ0n) is 68.0. The molecule has 0 bridgehead atoms. The lowest BCUT2D eigenvalue weighted by Crippen LogP contribution is -2.30. The van der Waals surface area contributed by atoms with Crippen LogP contribution in [0.25, 0.3) is 0 Å². The average Bonchev–Trinajstić information content (AvgIpc) is 0.909. The largest absolute Gasteiger partial charge is 0.472 e. The summed E-state index contributed by atoms with van der Waals surface area (Å²) in [5, 5.41) is 10.6. The fraction of sp³-hybridized carbons (Fsp3) is 0.952. The van der Waals surface area contributed by atoms with Gasteiger partial charge in [-0.15, -0.1) is 0 Å². The van der Waals surface area contributed by atoms with Gasteiger partial charge in [0.25, 0.3) is 0 Å². The smallest absolute Gasteiger partial charge is 0.462 e. The van der Waals surface area contributed by atoms with E-state index in [0.29, 0.717) is 31.6 Å². The fourth-order valence-corrected chi connectivity index (χ4v) is 14.5. The van der Waals surface area contributed by atoms with Crippen LogP contribution in [0.5, 0.6) is 0 Å². The van der Waals surface area contributed by atoms with Gasteiger partial charge in [0, 0.05) is 25.7 Å². The molecule has 0 amide bonds. The van der Waals surface area contributed by atoms with E-state index in [4.69, 9.17) is 37.0 Å². The van der Waals surface area contributed by atoms with Crippen molar-refractivity contribution in [1.29, 1.82) is 0 Å². The molecule has 0 saturated carbocycles. The molecule has 19 heteroatoms. The number of aliphatic hydroxyl groups excluding tert-OH is 1. The molecule has 0 aliphatic heterocycles. The molecule has 0 rings (SSSR count). The SMILES string of the molecule is CCC(C)CCCCCCCCCCCCCCCCCCCCC(=O)OC[C@H](COP(=O)(O)OCC(O)COP(=O)(O)OC[C@@H](COC(=O)CCCCCCCCCCC(C)C)OC(=O)CCCCCCCCC(C)C)OC(=O)CCCCCCCCCCCCCCCCCCCCC(C)C. The summed E-state index contributed by atoms with van der Waals surface area (Å²) in [6.07, 6.45) is 61.5. The molecule has 0 radical (unpaired) electrons. The first-order valence-corrected chi connectivity index (χ1v) is 46.2. The lowest BCUT2D eigenvalue weighted by atomic mass is 9.99. The molecule has 0 aromatic rings. The Balaban J connectivity index is 5.17. The molecule has 0 heterocycles. The van der Waals surface area contributed by atoms with Crippen LogP contribution in [0.2, 0.25) is 0 Å². The van der Waals surface area contributed by atoms with Gasteiger partial charge in [-0.3, -0.25) is 37.3 Å². The zero-order chi connectivity index (χ0) is 76.0. The number of aliphatic hydroxyl groups is 1. The predicted molar refractivity (Wildman–Crippen MR) is 423 cm³/mol. The van der Waals surface area contributed by atoms with E-state index in [2.05, 4.69) is 55.4 Å². The minimum absolute atomic E-state index is 0.102. The minimum Gasteiger partial charge on any atom is -0.462 e. The van der Waals surface area contributed by atoms with Crippen LogP contribution in [0, 0.1) is 23.7 Å². The van der Waals surface area contributed by atoms with Crippen LogP contribution in [-0.2, 0) is 65.4 Å².